The second-order valence-electron chi connectivity index (χ2n) is 15.1. The molecule has 2 aromatic carbocycles. The average molecular weight is 659 g/mol. The summed E-state index contributed by atoms with van der Waals surface area (Å²) in [6.45, 7) is 1.53. The molecular formula is C40H62N6O2. The summed E-state index contributed by atoms with van der Waals surface area (Å²) in [4.78, 5) is 36.8. The number of nitrogens with zero attached hydrogens (tertiary/aromatic N) is 4. The predicted molar refractivity (Wildman–Crippen MR) is 201 cm³/mol. The van der Waals surface area contributed by atoms with Gasteiger partial charge >= 0.3 is 12.1 Å². The first-order chi connectivity index (χ1) is 23.3. The highest BCUT2D eigenvalue weighted by Gasteiger charge is 2.35. The smallest absolute Gasteiger partial charge is 0.322 e. The molecule has 8 heteroatoms. The van der Waals surface area contributed by atoms with E-state index in [0.29, 0.717) is 11.8 Å². The Hall–Kier alpha value is -3.42. The molecule has 0 heterocycles. The lowest BCUT2D eigenvalue weighted by atomic mass is 9.78. The predicted octanol–water partition coefficient (Wildman–Crippen LogP) is 9.44. The van der Waals surface area contributed by atoms with Crippen LogP contribution < -0.4 is 20.4 Å². The molecule has 0 aromatic heterocycles. The number of carbonyl (C=O) groups excluding carboxylic acids is 2. The molecular weight excluding hydrogens is 596 g/mol. The number of anilines is 4. The highest BCUT2D eigenvalue weighted by atomic mass is 16.2. The molecule has 0 unspecified atom stereocenters. The van der Waals surface area contributed by atoms with E-state index in [1.54, 1.807) is 0 Å². The first kappa shape index (κ1) is 35.9. The third-order valence-corrected chi connectivity index (χ3v) is 11.3. The maximum atomic E-state index is 14.1. The highest BCUT2D eigenvalue weighted by molar-refractivity contribution is 5.90. The van der Waals surface area contributed by atoms with Crippen LogP contribution in [0.25, 0.3) is 0 Å². The van der Waals surface area contributed by atoms with Crippen molar-refractivity contribution >= 4 is 34.8 Å². The summed E-state index contributed by atoms with van der Waals surface area (Å²) in [5.74, 6) is 0.758. The van der Waals surface area contributed by atoms with E-state index in [0.717, 1.165) is 74.4 Å². The van der Waals surface area contributed by atoms with Crippen LogP contribution in [-0.2, 0) is 0 Å². The lowest BCUT2D eigenvalue weighted by Gasteiger charge is -2.42. The molecule has 0 spiro atoms. The third-order valence-electron chi connectivity index (χ3n) is 11.3. The van der Waals surface area contributed by atoms with Crippen LogP contribution in [0.15, 0.2) is 48.5 Å². The van der Waals surface area contributed by atoms with Crippen LogP contribution in [0.4, 0.5) is 32.3 Å². The van der Waals surface area contributed by atoms with Gasteiger partial charge in [0.1, 0.15) is 0 Å². The number of nitrogens with one attached hydrogen (secondary N) is 2. The molecule has 4 amide bonds. The van der Waals surface area contributed by atoms with E-state index in [1.807, 2.05) is 52.5 Å². The fourth-order valence-corrected chi connectivity index (χ4v) is 8.28. The molecule has 3 fully saturated rings. The van der Waals surface area contributed by atoms with Crippen LogP contribution in [0.3, 0.4) is 0 Å². The number of hydrogen-bond acceptors (Lipinski definition) is 4. The maximum Gasteiger partial charge on any atom is 0.322 e. The van der Waals surface area contributed by atoms with Crippen LogP contribution in [0.2, 0.25) is 0 Å². The second kappa shape index (κ2) is 17.8. The first-order valence-electron chi connectivity index (χ1n) is 19.0. The fraction of sp³-hybridized carbons (Fsp3) is 0.650. The van der Waals surface area contributed by atoms with Crippen molar-refractivity contribution in [1.29, 1.82) is 0 Å². The van der Waals surface area contributed by atoms with Crippen molar-refractivity contribution in [3.63, 3.8) is 0 Å². The molecule has 2 N–H and O–H groups in total. The lowest BCUT2D eigenvalue weighted by molar-refractivity contribution is 0.0984. The van der Waals surface area contributed by atoms with Crippen molar-refractivity contribution in [2.45, 2.75) is 115 Å². The molecule has 3 aliphatic rings. The SMILES string of the molecule is CN(C)c1ccc(NC(=O)N(C[C@@H]2CCCC[C@H]2CN(C(=O)Nc2ccc(N(C)C)cc2)C2CCCCCC2)C2CCCCCC2)cc1. The minimum absolute atomic E-state index is 0.0309. The van der Waals surface area contributed by atoms with E-state index in [1.165, 1.54) is 64.2 Å². The van der Waals surface area contributed by atoms with Crippen LogP contribution in [-0.4, -0.2) is 75.2 Å². The van der Waals surface area contributed by atoms with E-state index in [4.69, 9.17) is 0 Å². The van der Waals surface area contributed by atoms with E-state index in [-0.39, 0.29) is 24.1 Å². The zero-order chi connectivity index (χ0) is 33.9. The van der Waals surface area contributed by atoms with Gasteiger partial charge in [-0.3, -0.25) is 0 Å². The Bertz CT molecular complexity index is 1160. The average Bonchev–Trinajstić information content (AvgIpc) is 3.53. The van der Waals surface area contributed by atoms with Gasteiger partial charge in [-0.1, -0.05) is 64.2 Å². The molecule has 264 valence electrons. The lowest BCUT2D eigenvalue weighted by Crippen LogP contribution is -2.50. The normalized spacial score (nSPS) is 21.0. The summed E-state index contributed by atoms with van der Waals surface area (Å²) in [7, 11) is 8.13. The van der Waals surface area contributed by atoms with Crippen LogP contribution in [0, 0.1) is 11.8 Å². The van der Waals surface area contributed by atoms with E-state index >= 15 is 0 Å². The minimum atomic E-state index is 0.0309. The summed E-state index contributed by atoms with van der Waals surface area (Å²) >= 11 is 0. The van der Waals surface area contributed by atoms with Gasteiger partial charge in [0.15, 0.2) is 0 Å². The third kappa shape index (κ3) is 10.1. The van der Waals surface area contributed by atoms with E-state index in [2.05, 4.69) is 54.5 Å². The zero-order valence-electron chi connectivity index (χ0n) is 30.3. The quantitative estimate of drug-likeness (QED) is 0.250. The molecule has 3 aliphatic carbocycles. The van der Waals surface area contributed by atoms with Gasteiger partial charge in [-0.25, -0.2) is 9.59 Å². The molecule has 3 saturated carbocycles. The monoisotopic (exact) mass is 658 g/mol. The first-order valence-corrected chi connectivity index (χ1v) is 19.0. The largest absolute Gasteiger partial charge is 0.378 e. The molecule has 0 aliphatic heterocycles. The Balaban J connectivity index is 1.34. The van der Waals surface area contributed by atoms with Gasteiger partial charge < -0.3 is 30.2 Å². The molecule has 2 atom stereocenters. The van der Waals surface area contributed by atoms with Gasteiger partial charge in [0.2, 0.25) is 0 Å². The van der Waals surface area contributed by atoms with Gasteiger partial charge in [-0.15, -0.1) is 0 Å². The maximum absolute atomic E-state index is 14.1. The Morgan fingerprint density at radius 3 is 1.12 bits per heavy atom. The number of urea groups is 2. The molecule has 48 heavy (non-hydrogen) atoms. The molecule has 2 aromatic rings. The number of rotatable bonds is 10. The van der Waals surface area contributed by atoms with Crippen molar-refractivity contribution in [1.82, 2.24) is 9.80 Å². The van der Waals surface area contributed by atoms with Gasteiger partial charge in [-0.05, 0) is 98.9 Å². The van der Waals surface area contributed by atoms with Gasteiger partial charge in [-0.2, -0.15) is 0 Å². The molecule has 0 saturated heterocycles. The topological polar surface area (TPSA) is 71.2 Å². The van der Waals surface area contributed by atoms with Crippen molar-refractivity contribution in [3.05, 3.63) is 48.5 Å². The number of carbonyl (C=O) groups is 2. The second-order valence-corrected chi connectivity index (χ2v) is 15.1. The molecule has 8 nitrogen and oxygen atoms in total. The Morgan fingerprint density at radius 1 is 0.500 bits per heavy atom. The van der Waals surface area contributed by atoms with Gasteiger partial charge in [0.25, 0.3) is 0 Å². The Kier molecular flexibility index (Phi) is 13.3. The molecule has 0 radical (unpaired) electrons. The van der Waals surface area contributed by atoms with E-state index < -0.39 is 0 Å². The highest BCUT2D eigenvalue weighted by Crippen LogP contribution is 2.35. The number of amides is 4. The van der Waals surface area contributed by atoms with Crippen molar-refractivity contribution in [3.8, 4) is 0 Å². The zero-order valence-corrected chi connectivity index (χ0v) is 30.3. The van der Waals surface area contributed by atoms with E-state index in [9.17, 15) is 9.59 Å². The minimum Gasteiger partial charge on any atom is -0.378 e. The van der Waals surface area contributed by atoms with Crippen molar-refractivity contribution in [2.24, 2.45) is 11.8 Å². The fourth-order valence-electron chi connectivity index (χ4n) is 8.28. The van der Waals surface area contributed by atoms with Crippen LogP contribution in [0.1, 0.15) is 103 Å². The summed E-state index contributed by atoms with van der Waals surface area (Å²) in [6, 6.07) is 16.9. The summed E-state index contributed by atoms with van der Waals surface area (Å²) in [5, 5.41) is 6.55. The summed E-state index contributed by atoms with van der Waals surface area (Å²) in [6.07, 6.45) is 18.7. The van der Waals surface area contributed by atoms with Crippen LogP contribution in [0.5, 0.6) is 0 Å². The Morgan fingerprint density at radius 2 is 0.812 bits per heavy atom. The van der Waals surface area contributed by atoms with Crippen molar-refractivity contribution < 1.29 is 9.59 Å². The number of hydrogen-bond donors (Lipinski definition) is 2. The van der Waals surface area contributed by atoms with Crippen molar-refractivity contribution in [2.75, 3.05) is 61.7 Å². The van der Waals surface area contributed by atoms with Gasteiger partial charge in [0, 0.05) is 76.1 Å². The molecule has 5 rings (SSSR count). The summed E-state index contributed by atoms with van der Waals surface area (Å²) in [5.41, 5.74) is 3.93. The molecule has 0 bridgehead atoms. The van der Waals surface area contributed by atoms with Crippen LogP contribution >= 0.6 is 0 Å². The van der Waals surface area contributed by atoms with Gasteiger partial charge in [0.05, 0.1) is 0 Å². The standard InChI is InChI=1S/C40H62N6O2/c1-43(2)35-25-21-33(22-26-35)41-39(47)45(37-17-9-5-6-10-18-37)29-31-15-13-14-16-32(31)30-46(38-19-11-7-8-12-20-38)40(48)42-34-23-27-36(28-24-34)44(3)4/h21-28,31-32,37-38H,5-20,29-30H2,1-4H3,(H,41,47)(H,42,48)/t31-,32-/m0/s1. The summed E-state index contributed by atoms with van der Waals surface area (Å²) < 4.78 is 0. The number of benzene rings is 2. The Labute approximate surface area is 290 Å².